The monoisotopic (exact) mass is 244 g/mol. The Hall–Kier alpha value is -1.18. The highest BCUT2D eigenvalue weighted by molar-refractivity contribution is 4.75. The summed E-state index contributed by atoms with van der Waals surface area (Å²) in [7, 11) is 9.60. The highest BCUT2D eigenvalue weighted by atomic mass is 15.1. The van der Waals surface area contributed by atoms with Crippen LogP contribution in [0, 0.1) is 12.5 Å². The number of terminal acetylenes is 1. The first kappa shape index (κ1) is 24.9. The van der Waals surface area contributed by atoms with E-state index in [0.717, 1.165) is 13.1 Å². The Kier molecular flexibility index (Phi) is 53.2. The second kappa shape index (κ2) is 36.4. The summed E-state index contributed by atoms with van der Waals surface area (Å²) < 4.78 is 0. The summed E-state index contributed by atoms with van der Waals surface area (Å²) >= 11 is 0. The highest BCUT2D eigenvalue weighted by Gasteiger charge is 1.82. The van der Waals surface area contributed by atoms with E-state index >= 15 is 0 Å². The average Bonchev–Trinajstić information content (AvgIpc) is 2.39. The maximum Gasteiger partial charge on any atom is 0.0116 e. The van der Waals surface area contributed by atoms with Gasteiger partial charge in [0.25, 0.3) is 0 Å². The molecule has 4 heteroatoms. The predicted octanol–water partition coefficient (Wildman–Crippen LogP) is 0.939. The van der Waals surface area contributed by atoms with Crippen LogP contribution in [0.2, 0.25) is 0 Å². The van der Waals surface area contributed by atoms with Crippen molar-refractivity contribution in [3.05, 3.63) is 12.8 Å². The van der Waals surface area contributed by atoms with E-state index in [2.05, 4.69) is 54.0 Å². The van der Waals surface area contributed by atoms with E-state index in [1.807, 2.05) is 27.9 Å². The minimum Gasteiger partial charge on any atom is -0.394 e. The van der Waals surface area contributed by atoms with Crippen molar-refractivity contribution in [3.63, 3.8) is 0 Å². The molecule has 0 aromatic carbocycles. The zero-order valence-corrected chi connectivity index (χ0v) is 12.7. The maximum absolute atomic E-state index is 4.67. The Bertz CT molecular complexity index is 139. The third kappa shape index (κ3) is 105. The van der Waals surface area contributed by atoms with E-state index in [0.29, 0.717) is 0 Å². The molecular weight excluding hydrogens is 212 g/mol. The van der Waals surface area contributed by atoms with E-state index in [-0.39, 0.29) is 0 Å². The van der Waals surface area contributed by atoms with E-state index in [9.17, 15) is 0 Å². The molecule has 0 aliphatic carbocycles. The number of hydrogen-bond donors (Lipinski definition) is 3. The Labute approximate surface area is 109 Å². The second-order valence-corrected chi connectivity index (χ2v) is 2.79. The quantitative estimate of drug-likeness (QED) is 0.508. The van der Waals surface area contributed by atoms with E-state index in [1.54, 1.807) is 13.2 Å². The fourth-order valence-corrected chi connectivity index (χ4v) is 0.335. The lowest BCUT2D eigenvalue weighted by atomic mass is 10.6. The van der Waals surface area contributed by atoms with Gasteiger partial charge in [-0.15, -0.1) is 0 Å². The third-order valence-electron chi connectivity index (χ3n) is 1.16. The molecule has 0 saturated carbocycles. The van der Waals surface area contributed by atoms with Crippen LogP contribution in [0.4, 0.5) is 0 Å². The summed E-state index contributed by atoms with van der Waals surface area (Å²) in [5.74, 6) is 0. The minimum absolute atomic E-state index is 1.08. The molecule has 0 aliphatic heterocycles. The van der Waals surface area contributed by atoms with Crippen LogP contribution in [0.1, 0.15) is 13.8 Å². The molecule has 0 fully saturated rings. The van der Waals surface area contributed by atoms with Crippen molar-refractivity contribution in [3.8, 4) is 12.5 Å². The van der Waals surface area contributed by atoms with Gasteiger partial charge in [-0.25, -0.2) is 0 Å². The number of likely N-dealkylation sites (N-methyl/N-ethyl adjacent to an activating group) is 2. The summed E-state index contributed by atoms with van der Waals surface area (Å²) in [5.41, 5.74) is 0. The lowest BCUT2D eigenvalue weighted by molar-refractivity contribution is 0.407. The summed E-state index contributed by atoms with van der Waals surface area (Å²) in [5, 5.41) is 8.21. The molecule has 0 aromatic rings. The highest BCUT2D eigenvalue weighted by Crippen LogP contribution is 1.66. The largest absolute Gasteiger partial charge is 0.394 e. The van der Waals surface area contributed by atoms with Crippen molar-refractivity contribution >= 4 is 0 Å². The molecule has 0 atom stereocenters. The standard InChI is InChI=1S/C5H14N2.C3H7N.C3H5N.C2H6/c1-6-4-5-7(2)3;2*1-3-4-2;1-2/h6H,4-5H2,1-3H3;3-4H,1H2,2H3;1,4H,2H3;1-2H3. The summed E-state index contributed by atoms with van der Waals surface area (Å²) in [4.78, 5) is 2.15. The van der Waals surface area contributed by atoms with Gasteiger partial charge in [-0.1, -0.05) is 26.8 Å². The fourth-order valence-electron chi connectivity index (χ4n) is 0.335. The molecule has 4 nitrogen and oxygen atoms in total. The lowest BCUT2D eigenvalue weighted by Crippen LogP contribution is -2.23. The van der Waals surface area contributed by atoms with Gasteiger partial charge >= 0.3 is 0 Å². The summed E-state index contributed by atoms with van der Waals surface area (Å²) in [6, 6.07) is 2.18. The van der Waals surface area contributed by atoms with Crippen LogP contribution in [-0.4, -0.2) is 53.2 Å². The van der Waals surface area contributed by atoms with E-state index in [1.165, 1.54) is 0 Å². The molecule has 0 amide bonds. The number of hydrogen-bond acceptors (Lipinski definition) is 4. The Balaban J connectivity index is -0.0000000733. The van der Waals surface area contributed by atoms with Crippen LogP contribution in [0.3, 0.4) is 0 Å². The first-order valence-electron chi connectivity index (χ1n) is 5.80. The smallest absolute Gasteiger partial charge is 0.0116 e. The van der Waals surface area contributed by atoms with E-state index < -0.39 is 0 Å². The van der Waals surface area contributed by atoms with Gasteiger partial charge in [0.2, 0.25) is 0 Å². The van der Waals surface area contributed by atoms with Crippen molar-refractivity contribution in [1.29, 1.82) is 0 Å². The molecule has 17 heavy (non-hydrogen) atoms. The average molecular weight is 244 g/mol. The minimum atomic E-state index is 1.08. The van der Waals surface area contributed by atoms with Gasteiger partial charge in [-0.2, -0.15) is 0 Å². The molecule has 0 saturated heterocycles. The third-order valence-corrected chi connectivity index (χ3v) is 1.16. The van der Waals surface area contributed by atoms with Crippen LogP contribution in [0.25, 0.3) is 0 Å². The van der Waals surface area contributed by atoms with Crippen molar-refractivity contribution < 1.29 is 0 Å². The first-order valence-corrected chi connectivity index (χ1v) is 5.80. The second-order valence-electron chi connectivity index (χ2n) is 2.79. The molecule has 0 unspecified atom stereocenters. The maximum atomic E-state index is 4.67. The van der Waals surface area contributed by atoms with Crippen LogP contribution in [0.5, 0.6) is 0 Å². The van der Waals surface area contributed by atoms with Gasteiger partial charge in [-0.05, 0) is 27.3 Å². The summed E-state index contributed by atoms with van der Waals surface area (Å²) in [6.45, 7) is 9.57. The molecule has 104 valence electrons. The zero-order valence-electron chi connectivity index (χ0n) is 12.7. The van der Waals surface area contributed by atoms with Crippen molar-refractivity contribution in [2.75, 3.05) is 48.3 Å². The fraction of sp³-hybridized carbons (Fsp3) is 0.692. The Morgan fingerprint density at radius 3 is 1.65 bits per heavy atom. The molecule has 0 bridgehead atoms. The van der Waals surface area contributed by atoms with E-state index in [4.69, 9.17) is 0 Å². The molecule has 0 aliphatic rings. The van der Waals surface area contributed by atoms with Crippen LogP contribution in [0.15, 0.2) is 12.8 Å². The van der Waals surface area contributed by atoms with Crippen molar-refractivity contribution in [2.45, 2.75) is 13.8 Å². The van der Waals surface area contributed by atoms with Gasteiger partial charge in [0, 0.05) is 33.2 Å². The van der Waals surface area contributed by atoms with Crippen LogP contribution < -0.4 is 16.0 Å². The molecule has 0 aromatic heterocycles. The molecule has 0 heterocycles. The number of nitrogens with zero attached hydrogens (tertiary/aromatic N) is 1. The van der Waals surface area contributed by atoms with Crippen molar-refractivity contribution in [1.82, 2.24) is 20.9 Å². The van der Waals surface area contributed by atoms with Gasteiger partial charge < -0.3 is 20.9 Å². The molecule has 0 rings (SSSR count). The molecular formula is C13H32N4. The Morgan fingerprint density at radius 1 is 1.24 bits per heavy atom. The number of nitrogens with one attached hydrogen (secondary N) is 3. The SMILES string of the molecule is C#CNC.C=CNC.CC.CNCCN(C)C. The van der Waals surface area contributed by atoms with Gasteiger partial charge in [0.05, 0.1) is 0 Å². The molecule has 3 N–H and O–H groups in total. The zero-order chi connectivity index (χ0) is 14.5. The predicted molar refractivity (Wildman–Crippen MR) is 81.0 cm³/mol. The summed E-state index contributed by atoms with van der Waals surface area (Å²) in [6.07, 6.45) is 6.29. The molecule has 0 radical (unpaired) electrons. The van der Waals surface area contributed by atoms with Crippen LogP contribution in [-0.2, 0) is 0 Å². The number of rotatable bonds is 4. The van der Waals surface area contributed by atoms with Crippen molar-refractivity contribution in [2.24, 2.45) is 0 Å². The topological polar surface area (TPSA) is 39.3 Å². The molecule has 0 spiro atoms. The van der Waals surface area contributed by atoms with Gasteiger partial charge in [-0.3, -0.25) is 0 Å². The van der Waals surface area contributed by atoms with Crippen LogP contribution >= 0.6 is 0 Å². The van der Waals surface area contributed by atoms with Gasteiger partial charge in [0.1, 0.15) is 0 Å². The van der Waals surface area contributed by atoms with Gasteiger partial charge in [0.15, 0.2) is 0 Å². The lowest BCUT2D eigenvalue weighted by Gasteiger charge is -2.06. The first-order chi connectivity index (χ1) is 8.10. The Morgan fingerprint density at radius 2 is 1.59 bits per heavy atom. The normalized spacial score (nSPS) is 6.76.